The van der Waals surface area contributed by atoms with Gasteiger partial charge in [0.25, 0.3) is 5.78 Å². The molecule has 1 fully saturated rings. The van der Waals surface area contributed by atoms with Crippen LogP contribution in [0.15, 0.2) is 58.6 Å². The Morgan fingerprint density at radius 1 is 1.03 bits per heavy atom. The summed E-state index contributed by atoms with van der Waals surface area (Å²) in [4.78, 5) is 27.5. The van der Waals surface area contributed by atoms with Crippen molar-refractivity contribution in [1.82, 2.24) is 5.16 Å². The molecule has 2 aromatic carbocycles. The lowest BCUT2D eigenvalue weighted by Gasteiger charge is -2.24. The van der Waals surface area contributed by atoms with E-state index in [-0.39, 0.29) is 17.2 Å². The zero-order valence-corrected chi connectivity index (χ0v) is 18.1. The Hall–Kier alpha value is -4.07. The number of aromatic nitrogens is 1. The number of nitrogens with zero attached hydrogens (tertiary/aromatic N) is 2. The molecule has 1 amide bonds. The third-order valence-corrected chi connectivity index (χ3v) is 5.36. The van der Waals surface area contributed by atoms with Crippen molar-refractivity contribution in [2.24, 2.45) is 0 Å². The van der Waals surface area contributed by atoms with Crippen LogP contribution < -0.4 is 14.4 Å². The normalized spacial score (nSPS) is 17.6. The van der Waals surface area contributed by atoms with Crippen LogP contribution in [0.1, 0.15) is 28.5 Å². The van der Waals surface area contributed by atoms with Crippen molar-refractivity contribution >= 4 is 23.3 Å². The highest BCUT2D eigenvalue weighted by atomic mass is 16.5. The molecule has 0 bridgehead atoms. The molecule has 0 aliphatic carbocycles. The molecular weight excluding hydrogens is 412 g/mol. The van der Waals surface area contributed by atoms with Gasteiger partial charge in [-0.2, -0.15) is 0 Å². The number of ether oxygens (including phenoxy) is 2. The number of aliphatic hydroxyl groups is 1. The lowest BCUT2D eigenvalue weighted by molar-refractivity contribution is -0.132. The zero-order chi connectivity index (χ0) is 23.0. The maximum absolute atomic E-state index is 13.2. The number of anilines is 1. The molecule has 0 unspecified atom stereocenters. The highest BCUT2D eigenvalue weighted by molar-refractivity contribution is 6.51. The number of amides is 1. The molecule has 32 heavy (non-hydrogen) atoms. The summed E-state index contributed by atoms with van der Waals surface area (Å²) in [7, 11) is 2.99. The van der Waals surface area contributed by atoms with E-state index in [0.717, 1.165) is 5.56 Å². The van der Waals surface area contributed by atoms with E-state index in [2.05, 4.69) is 5.16 Å². The van der Waals surface area contributed by atoms with Crippen LogP contribution in [0.2, 0.25) is 0 Å². The van der Waals surface area contributed by atoms with Gasteiger partial charge in [-0.3, -0.25) is 14.5 Å². The Labute approximate surface area is 184 Å². The van der Waals surface area contributed by atoms with E-state index in [9.17, 15) is 14.7 Å². The Balaban J connectivity index is 2.00. The largest absolute Gasteiger partial charge is 0.507 e. The van der Waals surface area contributed by atoms with Crippen molar-refractivity contribution in [3.05, 3.63) is 76.6 Å². The summed E-state index contributed by atoms with van der Waals surface area (Å²) in [5, 5.41) is 15.1. The summed E-state index contributed by atoms with van der Waals surface area (Å²) in [6.45, 7) is 3.59. The number of hydrogen-bond donors (Lipinski definition) is 1. The molecule has 3 aromatic rings. The SMILES string of the molecule is COc1ccc(OC)c([C@@H]2/C(=C(\O)c3ccc(C)cc3)C(=O)C(=O)N2c2cc(C)on2)c1. The zero-order valence-electron chi connectivity index (χ0n) is 18.1. The van der Waals surface area contributed by atoms with Gasteiger partial charge >= 0.3 is 5.91 Å². The number of methoxy groups -OCH3 is 2. The molecule has 1 N–H and O–H groups in total. The Bertz CT molecular complexity index is 1230. The summed E-state index contributed by atoms with van der Waals surface area (Å²) in [5.41, 5.74) is 1.79. The van der Waals surface area contributed by atoms with E-state index < -0.39 is 17.7 Å². The molecule has 0 spiro atoms. The molecular formula is C24H22N2O6. The first-order chi connectivity index (χ1) is 15.3. The average molecular weight is 434 g/mol. The number of hydrogen-bond acceptors (Lipinski definition) is 7. The molecule has 1 saturated heterocycles. The number of carbonyl (C=O) groups excluding carboxylic acids is 2. The van der Waals surface area contributed by atoms with Crippen molar-refractivity contribution in [2.45, 2.75) is 19.9 Å². The van der Waals surface area contributed by atoms with Crippen molar-refractivity contribution < 1.29 is 28.7 Å². The van der Waals surface area contributed by atoms with Crippen LogP contribution in [0.4, 0.5) is 5.82 Å². The number of ketones is 1. The molecule has 1 aromatic heterocycles. The molecule has 1 aliphatic rings. The Kier molecular flexibility index (Phi) is 5.44. The average Bonchev–Trinajstić information content (AvgIpc) is 3.33. The smallest absolute Gasteiger partial charge is 0.301 e. The lowest BCUT2D eigenvalue weighted by atomic mass is 9.94. The summed E-state index contributed by atoms with van der Waals surface area (Å²) in [6, 6.07) is 12.6. The van der Waals surface area contributed by atoms with Gasteiger partial charge in [-0.25, -0.2) is 0 Å². The van der Waals surface area contributed by atoms with Gasteiger partial charge in [0.05, 0.1) is 19.8 Å². The Morgan fingerprint density at radius 3 is 2.34 bits per heavy atom. The van der Waals surface area contributed by atoms with Crippen molar-refractivity contribution in [1.29, 1.82) is 0 Å². The van der Waals surface area contributed by atoms with Gasteiger partial charge in [-0.15, -0.1) is 0 Å². The number of carbonyl (C=O) groups is 2. The topological polar surface area (TPSA) is 102 Å². The predicted molar refractivity (Wildman–Crippen MR) is 117 cm³/mol. The van der Waals surface area contributed by atoms with E-state index in [0.29, 0.717) is 28.4 Å². The molecule has 1 atom stereocenters. The molecule has 0 radical (unpaired) electrons. The van der Waals surface area contributed by atoms with Crippen LogP contribution in [0.5, 0.6) is 11.5 Å². The maximum Gasteiger partial charge on any atom is 0.301 e. The number of benzene rings is 2. The molecule has 4 rings (SSSR count). The van der Waals surface area contributed by atoms with Gasteiger partial charge in [0.15, 0.2) is 5.82 Å². The molecule has 8 heteroatoms. The highest BCUT2D eigenvalue weighted by Gasteiger charge is 2.49. The van der Waals surface area contributed by atoms with Crippen molar-refractivity contribution in [3.63, 3.8) is 0 Å². The first kappa shape index (κ1) is 21.2. The minimum absolute atomic E-state index is 0.0777. The van der Waals surface area contributed by atoms with E-state index in [1.165, 1.54) is 19.1 Å². The van der Waals surface area contributed by atoms with E-state index in [1.54, 1.807) is 43.3 Å². The van der Waals surface area contributed by atoms with Crippen LogP contribution in [-0.2, 0) is 9.59 Å². The fourth-order valence-electron chi connectivity index (χ4n) is 3.75. The van der Waals surface area contributed by atoms with Gasteiger partial charge in [0.1, 0.15) is 29.1 Å². The third-order valence-electron chi connectivity index (χ3n) is 5.36. The lowest BCUT2D eigenvalue weighted by Crippen LogP contribution is -2.30. The molecule has 2 heterocycles. The van der Waals surface area contributed by atoms with Gasteiger partial charge in [-0.05, 0) is 32.0 Å². The molecule has 0 saturated carbocycles. The summed E-state index contributed by atoms with van der Waals surface area (Å²) in [6.07, 6.45) is 0. The number of rotatable bonds is 5. The fourth-order valence-corrected chi connectivity index (χ4v) is 3.75. The third kappa shape index (κ3) is 3.49. The number of aryl methyl sites for hydroxylation is 2. The highest BCUT2D eigenvalue weighted by Crippen LogP contribution is 2.45. The second-order valence-corrected chi connectivity index (χ2v) is 7.44. The first-order valence-electron chi connectivity index (χ1n) is 9.89. The quantitative estimate of drug-likeness (QED) is 0.369. The van der Waals surface area contributed by atoms with Crippen LogP contribution in [0.3, 0.4) is 0 Å². The molecule has 164 valence electrons. The minimum atomic E-state index is -1.01. The summed E-state index contributed by atoms with van der Waals surface area (Å²) < 4.78 is 16.0. The number of Topliss-reactive ketones (excluding diaryl/α,β-unsaturated/α-hetero) is 1. The van der Waals surface area contributed by atoms with Crippen molar-refractivity contribution in [3.8, 4) is 11.5 Å². The van der Waals surface area contributed by atoms with Gasteiger partial charge in [0, 0.05) is 17.2 Å². The maximum atomic E-state index is 13.2. The summed E-state index contributed by atoms with van der Waals surface area (Å²) >= 11 is 0. The first-order valence-corrected chi connectivity index (χ1v) is 9.89. The standard InChI is InChI=1S/C24H22N2O6/c1-13-5-7-15(8-6-13)22(27)20-21(17-12-16(30-3)9-10-18(17)31-4)26(24(29)23(20)28)19-11-14(2)32-25-19/h5-12,21,27H,1-4H3/b22-20+/t21-/m1/s1. The van der Waals surface area contributed by atoms with Gasteiger partial charge in [0.2, 0.25) is 0 Å². The monoisotopic (exact) mass is 434 g/mol. The number of aliphatic hydroxyl groups excluding tert-OH is 1. The Morgan fingerprint density at radius 2 is 1.75 bits per heavy atom. The summed E-state index contributed by atoms with van der Waals surface area (Å²) in [5.74, 6) is -0.420. The van der Waals surface area contributed by atoms with Crippen LogP contribution >= 0.6 is 0 Å². The predicted octanol–water partition coefficient (Wildman–Crippen LogP) is 3.93. The fraction of sp³-hybridized carbons (Fsp3) is 0.208. The molecule has 1 aliphatic heterocycles. The van der Waals surface area contributed by atoms with E-state index in [4.69, 9.17) is 14.0 Å². The van der Waals surface area contributed by atoms with Crippen LogP contribution in [0.25, 0.3) is 5.76 Å². The minimum Gasteiger partial charge on any atom is -0.507 e. The van der Waals surface area contributed by atoms with E-state index in [1.807, 2.05) is 19.1 Å². The second kappa shape index (κ2) is 8.22. The van der Waals surface area contributed by atoms with Gasteiger partial charge < -0.3 is 19.1 Å². The van der Waals surface area contributed by atoms with E-state index >= 15 is 0 Å². The van der Waals surface area contributed by atoms with Crippen LogP contribution in [-0.4, -0.2) is 36.2 Å². The second-order valence-electron chi connectivity index (χ2n) is 7.44. The van der Waals surface area contributed by atoms with Crippen molar-refractivity contribution in [2.75, 3.05) is 19.1 Å². The molecule has 8 nitrogen and oxygen atoms in total. The van der Waals surface area contributed by atoms with Crippen LogP contribution in [0, 0.1) is 13.8 Å². The van der Waals surface area contributed by atoms with Gasteiger partial charge in [-0.1, -0.05) is 35.0 Å².